The van der Waals surface area contributed by atoms with Gasteiger partial charge in [-0.3, -0.25) is 14.7 Å². The lowest BCUT2D eigenvalue weighted by atomic mass is 10.1. The van der Waals surface area contributed by atoms with Gasteiger partial charge < -0.3 is 0 Å². The topological polar surface area (TPSA) is 46.1 Å². The molecule has 0 unspecified atom stereocenters. The second-order valence-corrected chi connectivity index (χ2v) is 7.29. The van der Waals surface area contributed by atoms with Crippen molar-refractivity contribution in [1.82, 2.24) is 9.97 Å². The molecule has 0 spiro atoms. The molecule has 2 heterocycles. The van der Waals surface area contributed by atoms with Gasteiger partial charge in [-0.1, -0.05) is 30.3 Å². The number of thiazole rings is 1. The molecule has 0 saturated heterocycles. The minimum atomic E-state index is -0.291. The van der Waals surface area contributed by atoms with Crippen LogP contribution in [0.3, 0.4) is 0 Å². The average Bonchev–Trinajstić information content (AvgIpc) is 3.25. The van der Waals surface area contributed by atoms with Gasteiger partial charge in [0.2, 0.25) is 0 Å². The highest BCUT2D eigenvalue weighted by molar-refractivity contribution is 7.14. The van der Waals surface area contributed by atoms with Gasteiger partial charge in [0.25, 0.3) is 5.91 Å². The van der Waals surface area contributed by atoms with Crippen molar-refractivity contribution in [2.45, 2.75) is 6.42 Å². The van der Waals surface area contributed by atoms with Crippen LogP contribution in [0.4, 0.5) is 9.52 Å². The third-order valence-electron chi connectivity index (χ3n) is 4.48. The molecule has 0 aliphatic heterocycles. The zero-order chi connectivity index (χ0) is 20.1. The van der Waals surface area contributed by atoms with Crippen LogP contribution >= 0.6 is 11.3 Å². The fraction of sp³-hybridized carbons (Fsp3) is 0.0870. The number of rotatable bonds is 6. The largest absolute Gasteiger partial charge is 0.284 e. The first-order chi connectivity index (χ1) is 14.2. The van der Waals surface area contributed by atoms with Gasteiger partial charge in [0.05, 0.1) is 11.3 Å². The van der Waals surface area contributed by atoms with E-state index in [1.807, 2.05) is 35.7 Å². The number of pyridine rings is 1. The summed E-state index contributed by atoms with van der Waals surface area (Å²) in [6.07, 6.45) is 3.91. The number of carbonyl (C=O) groups is 1. The van der Waals surface area contributed by atoms with Crippen LogP contribution in [0.25, 0.3) is 11.3 Å². The smallest absolute Gasteiger partial charge is 0.261 e. The summed E-state index contributed by atoms with van der Waals surface area (Å²) in [6, 6.07) is 19.7. The third kappa shape index (κ3) is 4.55. The zero-order valence-corrected chi connectivity index (χ0v) is 16.3. The van der Waals surface area contributed by atoms with Gasteiger partial charge in [0.1, 0.15) is 5.82 Å². The molecular weight excluding hydrogens is 385 g/mol. The van der Waals surface area contributed by atoms with Crippen LogP contribution in [0.5, 0.6) is 0 Å². The highest BCUT2D eigenvalue weighted by Crippen LogP contribution is 2.28. The minimum absolute atomic E-state index is 0.144. The summed E-state index contributed by atoms with van der Waals surface area (Å²) in [6.45, 7) is 0.494. The Morgan fingerprint density at radius 2 is 1.79 bits per heavy atom. The van der Waals surface area contributed by atoms with Crippen LogP contribution in [0.2, 0.25) is 0 Å². The molecule has 0 atom stereocenters. The molecule has 0 radical (unpaired) electrons. The molecule has 0 fully saturated rings. The van der Waals surface area contributed by atoms with E-state index in [0.29, 0.717) is 29.4 Å². The summed E-state index contributed by atoms with van der Waals surface area (Å²) in [7, 11) is 0. The molecule has 144 valence electrons. The fourth-order valence-corrected chi connectivity index (χ4v) is 3.81. The Bertz CT molecular complexity index is 1080. The molecule has 0 aliphatic carbocycles. The van der Waals surface area contributed by atoms with Gasteiger partial charge in [-0.15, -0.1) is 11.3 Å². The van der Waals surface area contributed by atoms with Crippen molar-refractivity contribution < 1.29 is 9.18 Å². The van der Waals surface area contributed by atoms with Gasteiger partial charge in [-0.2, -0.15) is 0 Å². The Labute approximate surface area is 172 Å². The number of hydrogen-bond acceptors (Lipinski definition) is 4. The molecule has 0 N–H and O–H groups in total. The van der Waals surface area contributed by atoms with Crippen LogP contribution in [0, 0.1) is 5.82 Å². The molecule has 29 heavy (non-hydrogen) atoms. The quantitative estimate of drug-likeness (QED) is 0.443. The third-order valence-corrected chi connectivity index (χ3v) is 5.35. The maximum atomic E-state index is 13.2. The van der Waals surface area contributed by atoms with Crippen LogP contribution in [-0.4, -0.2) is 22.4 Å². The monoisotopic (exact) mass is 403 g/mol. The van der Waals surface area contributed by atoms with Gasteiger partial charge in [0.15, 0.2) is 5.13 Å². The summed E-state index contributed by atoms with van der Waals surface area (Å²) in [5.41, 5.74) is 3.19. The van der Waals surface area contributed by atoms with Crippen molar-refractivity contribution in [3.8, 4) is 11.3 Å². The van der Waals surface area contributed by atoms with Crippen LogP contribution < -0.4 is 4.90 Å². The molecule has 4 rings (SSSR count). The Hall–Kier alpha value is -3.38. The number of aromatic nitrogens is 2. The standard InChI is InChI=1S/C23H18FN3OS/c24-20-10-8-18(9-11-20)21-16-29-23(26-21)27(14-12-17-5-2-1-3-6-17)22(28)19-7-4-13-25-15-19/h1-11,13,15-16H,12,14H2. The molecule has 0 aliphatic rings. The molecule has 2 aromatic carbocycles. The lowest BCUT2D eigenvalue weighted by Crippen LogP contribution is -2.33. The summed E-state index contributed by atoms with van der Waals surface area (Å²) >= 11 is 1.39. The molecule has 2 aromatic heterocycles. The normalized spacial score (nSPS) is 10.7. The van der Waals surface area contributed by atoms with Crippen molar-refractivity contribution in [1.29, 1.82) is 0 Å². The number of anilines is 1. The maximum Gasteiger partial charge on any atom is 0.261 e. The van der Waals surface area contributed by atoms with Gasteiger partial charge in [0, 0.05) is 29.9 Å². The van der Waals surface area contributed by atoms with Gasteiger partial charge in [-0.05, 0) is 48.4 Å². The maximum absolute atomic E-state index is 13.2. The van der Waals surface area contributed by atoms with E-state index in [9.17, 15) is 9.18 Å². The summed E-state index contributed by atoms with van der Waals surface area (Å²) in [5, 5.41) is 2.49. The van der Waals surface area contributed by atoms with E-state index in [1.54, 1.807) is 41.6 Å². The fourth-order valence-electron chi connectivity index (χ4n) is 2.96. The van der Waals surface area contributed by atoms with Crippen molar-refractivity contribution >= 4 is 22.4 Å². The van der Waals surface area contributed by atoms with E-state index in [-0.39, 0.29) is 11.7 Å². The Kier molecular flexibility index (Phi) is 5.72. The molecule has 4 aromatic rings. The Morgan fingerprint density at radius 3 is 2.52 bits per heavy atom. The highest BCUT2D eigenvalue weighted by atomic mass is 32.1. The van der Waals surface area contributed by atoms with E-state index in [1.165, 1.54) is 23.5 Å². The SMILES string of the molecule is O=C(c1cccnc1)N(CCc1ccccc1)c1nc(-c2ccc(F)cc2)cs1. The molecule has 4 nitrogen and oxygen atoms in total. The first-order valence-corrected chi connectivity index (χ1v) is 10.1. The van der Waals surface area contributed by atoms with Crippen LogP contribution in [0.1, 0.15) is 15.9 Å². The molecule has 0 bridgehead atoms. The predicted octanol–water partition coefficient (Wildman–Crippen LogP) is 5.23. The van der Waals surface area contributed by atoms with E-state index >= 15 is 0 Å². The summed E-state index contributed by atoms with van der Waals surface area (Å²) in [5.74, 6) is -0.436. The Balaban J connectivity index is 1.62. The molecule has 1 amide bonds. The Morgan fingerprint density at radius 1 is 1.00 bits per heavy atom. The number of halogens is 1. The predicted molar refractivity (Wildman–Crippen MR) is 114 cm³/mol. The number of carbonyl (C=O) groups excluding carboxylic acids is 1. The summed E-state index contributed by atoms with van der Waals surface area (Å²) in [4.78, 5) is 23.6. The first-order valence-electron chi connectivity index (χ1n) is 9.18. The lowest BCUT2D eigenvalue weighted by molar-refractivity contribution is 0.0987. The number of hydrogen-bond donors (Lipinski definition) is 0. The lowest BCUT2D eigenvalue weighted by Gasteiger charge is -2.20. The van der Waals surface area contributed by atoms with Crippen LogP contribution in [-0.2, 0) is 6.42 Å². The van der Waals surface area contributed by atoms with E-state index in [2.05, 4.69) is 9.97 Å². The average molecular weight is 403 g/mol. The molecule has 6 heteroatoms. The van der Waals surface area contributed by atoms with E-state index < -0.39 is 0 Å². The second-order valence-electron chi connectivity index (χ2n) is 6.46. The van der Waals surface area contributed by atoms with Gasteiger partial charge in [-0.25, -0.2) is 9.37 Å². The van der Waals surface area contributed by atoms with Crippen molar-refractivity contribution in [3.63, 3.8) is 0 Å². The molecule has 0 saturated carbocycles. The van der Waals surface area contributed by atoms with Crippen molar-refractivity contribution in [3.05, 3.63) is 101 Å². The second kappa shape index (κ2) is 8.75. The van der Waals surface area contributed by atoms with Gasteiger partial charge >= 0.3 is 0 Å². The van der Waals surface area contributed by atoms with E-state index in [4.69, 9.17) is 0 Å². The highest BCUT2D eigenvalue weighted by Gasteiger charge is 2.21. The van der Waals surface area contributed by atoms with Crippen LogP contribution in [0.15, 0.2) is 84.5 Å². The van der Waals surface area contributed by atoms with Crippen molar-refractivity contribution in [2.75, 3.05) is 11.4 Å². The first kappa shape index (κ1) is 19.0. The number of benzene rings is 2. The molecular formula is C23H18FN3OS. The zero-order valence-electron chi connectivity index (χ0n) is 15.5. The number of nitrogens with zero attached hydrogens (tertiary/aromatic N) is 3. The number of amides is 1. The van der Waals surface area contributed by atoms with Crippen molar-refractivity contribution in [2.24, 2.45) is 0 Å². The van der Waals surface area contributed by atoms with E-state index in [0.717, 1.165) is 11.1 Å². The summed E-state index contributed by atoms with van der Waals surface area (Å²) < 4.78 is 13.2. The minimum Gasteiger partial charge on any atom is -0.284 e.